The zero-order chi connectivity index (χ0) is 10.1. The summed E-state index contributed by atoms with van der Waals surface area (Å²) in [6, 6.07) is -0.272. The first-order valence-corrected chi connectivity index (χ1v) is 4.88. The molecule has 5 heteroatoms. The number of rotatable bonds is 1. The van der Waals surface area contributed by atoms with E-state index in [0.29, 0.717) is 0 Å². The van der Waals surface area contributed by atoms with Gasteiger partial charge < -0.3 is 15.0 Å². The van der Waals surface area contributed by atoms with E-state index in [-0.39, 0.29) is 24.5 Å². The molecule has 0 spiro atoms. The number of nitrogens with one attached hydrogen (secondary N) is 1. The van der Waals surface area contributed by atoms with Gasteiger partial charge in [0.25, 0.3) is 5.91 Å². The van der Waals surface area contributed by atoms with E-state index in [1.807, 2.05) is 0 Å². The van der Waals surface area contributed by atoms with Crippen molar-refractivity contribution < 1.29 is 14.3 Å². The Morgan fingerprint density at radius 2 is 2.29 bits per heavy atom. The van der Waals surface area contributed by atoms with Crippen molar-refractivity contribution in [2.75, 3.05) is 19.7 Å². The maximum absolute atomic E-state index is 11.6. The van der Waals surface area contributed by atoms with Crippen LogP contribution in [-0.4, -0.2) is 48.6 Å². The number of nitrogens with zero attached hydrogens (tertiary/aromatic N) is 1. The third-order valence-electron chi connectivity index (χ3n) is 2.81. The SMILES string of the molecule is CC1C(=O)OCC(=O)N1C1CCNC1. The minimum atomic E-state index is -0.429. The Bertz CT molecular complexity index is 261. The van der Waals surface area contributed by atoms with E-state index in [1.165, 1.54) is 0 Å². The topological polar surface area (TPSA) is 58.6 Å². The molecule has 0 aromatic rings. The van der Waals surface area contributed by atoms with E-state index in [4.69, 9.17) is 4.74 Å². The number of esters is 1. The smallest absolute Gasteiger partial charge is 0.329 e. The molecule has 1 N–H and O–H groups in total. The first-order chi connectivity index (χ1) is 6.70. The predicted octanol–water partition coefficient (Wildman–Crippen LogP) is -0.878. The molecule has 2 saturated heterocycles. The summed E-state index contributed by atoms with van der Waals surface area (Å²) < 4.78 is 4.74. The lowest BCUT2D eigenvalue weighted by molar-refractivity contribution is -0.170. The van der Waals surface area contributed by atoms with Gasteiger partial charge in [0, 0.05) is 12.6 Å². The van der Waals surface area contributed by atoms with E-state index in [2.05, 4.69) is 5.32 Å². The van der Waals surface area contributed by atoms with Crippen LogP contribution in [0.15, 0.2) is 0 Å². The fourth-order valence-corrected chi connectivity index (χ4v) is 2.05. The number of ether oxygens (including phenoxy) is 1. The molecule has 2 aliphatic heterocycles. The van der Waals surface area contributed by atoms with Crippen molar-refractivity contribution in [2.24, 2.45) is 0 Å². The van der Waals surface area contributed by atoms with E-state index >= 15 is 0 Å². The Morgan fingerprint density at radius 3 is 2.93 bits per heavy atom. The van der Waals surface area contributed by atoms with Crippen LogP contribution in [0, 0.1) is 0 Å². The van der Waals surface area contributed by atoms with Crippen LogP contribution in [0.25, 0.3) is 0 Å². The summed E-state index contributed by atoms with van der Waals surface area (Å²) in [5.74, 6) is -0.373. The van der Waals surface area contributed by atoms with Gasteiger partial charge in [0.1, 0.15) is 6.04 Å². The minimum absolute atomic E-state index is 0.0780. The van der Waals surface area contributed by atoms with Gasteiger partial charge in [0.05, 0.1) is 0 Å². The number of cyclic esters (lactones) is 1. The maximum Gasteiger partial charge on any atom is 0.329 e. The number of morpholine rings is 1. The van der Waals surface area contributed by atoms with Crippen molar-refractivity contribution in [3.05, 3.63) is 0 Å². The molecule has 2 unspecified atom stereocenters. The Balaban J connectivity index is 2.12. The van der Waals surface area contributed by atoms with E-state index < -0.39 is 6.04 Å². The average Bonchev–Trinajstić information content (AvgIpc) is 2.65. The second-order valence-electron chi connectivity index (χ2n) is 3.73. The summed E-state index contributed by atoms with van der Waals surface area (Å²) in [4.78, 5) is 24.5. The molecule has 2 heterocycles. The van der Waals surface area contributed by atoms with Gasteiger partial charge in [-0.1, -0.05) is 0 Å². The first-order valence-electron chi connectivity index (χ1n) is 4.88. The third kappa shape index (κ3) is 1.48. The third-order valence-corrected chi connectivity index (χ3v) is 2.81. The number of carbonyl (C=O) groups is 2. The van der Waals surface area contributed by atoms with Crippen LogP contribution in [0.3, 0.4) is 0 Å². The van der Waals surface area contributed by atoms with Gasteiger partial charge in [-0.3, -0.25) is 4.79 Å². The lowest BCUT2D eigenvalue weighted by Crippen LogP contribution is -2.55. The quantitative estimate of drug-likeness (QED) is 0.556. The molecular formula is C9H14N2O3. The van der Waals surface area contributed by atoms with Crippen molar-refractivity contribution in [2.45, 2.75) is 25.4 Å². The maximum atomic E-state index is 11.6. The Morgan fingerprint density at radius 1 is 1.50 bits per heavy atom. The van der Waals surface area contributed by atoms with Crippen LogP contribution >= 0.6 is 0 Å². The van der Waals surface area contributed by atoms with E-state index in [0.717, 1.165) is 19.5 Å². The fourth-order valence-electron chi connectivity index (χ4n) is 2.05. The van der Waals surface area contributed by atoms with E-state index in [1.54, 1.807) is 11.8 Å². The average molecular weight is 198 g/mol. The highest BCUT2D eigenvalue weighted by Gasteiger charge is 2.38. The molecule has 1 amide bonds. The summed E-state index contributed by atoms with van der Waals surface area (Å²) in [6.45, 7) is 3.32. The summed E-state index contributed by atoms with van der Waals surface area (Å²) >= 11 is 0. The van der Waals surface area contributed by atoms with Gasteiger partial charge in [-0.05, 0) is 19.9 Å². The minimum Gasteiger partial charge on any atom is -0.454 e. The molecule has 14 heavy (non-hydrogen) atoms. The number of carbonyl (C=O) groups excluding carboxylic acids is 2. The predicted molar refractivity (Wildman–Crippen MR) is 48.5 cm³/mol. The van der Waals surface area contributed by atoms with Gasteiger partial charge in [0.2, 0.25) is 0 Å². The molecule has 2 aliphatic rings. The summed E-state index contributed by atoms with van der Waals surface area (Å²) in [5.41, 5.74) is 0. The molecule has 0 aromatic heterocycles. The van der Waals surface area contributed by atoms with E-state index in [9.17, 15) is 9.59 Å². The molecular weight excluding hydrogens is 184 g/mol. The molecule has 0 radical (unpaired) electrons. The Kier molecular flexibility index (Phi) is 2.41. The highest BCUT2D eigenvalue weighted by molar-refractivity contribution is 5.90. The summed E-state index contributed by atoms with van der Waals surface area (Å²) in [7, 11) is 0. The molecule has 78 valence electrons. The normalized spacial score (nSPS) is 33.4. The molecule has 5 nitrogen and oxygen atoms in total. The highest BCUT2D eigenvalue weighted by atomic mass is 16.5. The van der Waals surface area contributed by atoms with Crippen LogP contribution in [0.5, 0.6) is 0 Å². The van der Waals surface area contributed by atoms with Gasteiger partial charge in [0.15, 0.2) is 6.61 Å². The lowest BCUT2D eigenvalue weighted by atomic mass is 10.1. The first kappa shape index (κ1) is 9.45. The Labute approximate surface area is 82.4 Å². The van der Waals surface area contributed by atoms with Crippen LogP contribution in [-0.2, 0) is 14.3 Å². The van der Waals surface area contributed by atoms with Crippen molar-refractivity contribution in [3.8, 4) is 0 Å². The standard InChI is InChI=1S/C9H14N2O3/c1-6-9(13)14-5-8(12)11(6)7-2-3-10-4-7/h6-7,10H,2-5H2,1H3. The van der Waals surface area contributed by atoms with Gasteiger partial charge in [-0.15, -0.1) is 0 Å². The summed E-state index contributed by atoms with van der Waals surface area (Å²) in [5, 5.41) is 3.18. The number of amides is 1. The molecule has 2 rings (SSSR count). The number of hydrogen-bond acceptors (Lipinski definition) is 4. The molecule has 0 saturated carbocycles. The second-order valence-corrected chi connectivity index (χ2v) is 3.73. The van der Waals surface area contributed by atoms with Crippen LogP contribution in [0.4, 0.5) is 0 Å². The Hall–Kier alpha value is -1.10. The zero-order valence-electron chi connectivity index (χ0n) is 8.16. The molecule has 0 aromatic carbocycles. The van der Waals surface area contributed by atoms with Gasteiger partial charge in [-0.25, -0.2) is 4.79 Å². The fraction of sp³-hybridized carbons (Fsp3) is 0.778. The number of hydrogen-bond donors (Lipinski definition) is 1. The monoisotopic (exact) mass is 198 g/mol. The van der Waals surface area contributed by atoms with Crippen LogP contribution in [0.1, 0.15) is 13.3 Å². The molecule has 2 atom stereocenters. The molecule has 0 bridgehead atoms. The highest BCUT2D eigenvalue weighted by Crippen LogP contribution is 2.17. The van der Waals surface area contributed by atoms with Crippen molar-refractivity contribution in [3.63, 3.8) is 0 Å². The van der Waals surface area contributed by atoms with Gasteiger partial charge in [-0.2, -0.15) is 0 Å². The molecule has 2 fully saturated rings. The van der Waals surface area contributed by atoms with Crippen molar-refractivity contribution in [1.82, 2.24) is 10.2 Å². The largest absolute Gasteiger partial charge is 0.454 e. The zero-order valence-corrected chi connectivity index (χ0v) is 8.16. The van der Waals surface area contributed by atoms with Crippen molar-refractivity contribution in [1.29, 1.82) is 0 Å². The van der Waals surface area contributed by atoms with Crippen molar-refractivity contribution >= 4 is 11.9 Å². The molecule has 0 aliphatic carbocycles. The van der Waals surface area contributed by atoms with Crippen LogP contribution in [0.2, 0.25) is 0 Å². The second kappa shape index (κ2) is 3.57. The van der Waals surface area contributed by atoms with Crippen LogP contribution < -0.4 is 5.32 Å². The van der Waals surface area contributed by atoms with Gasteiger partial charge >= 0.3 is 5.97 Å². The summed E-state index contributed by atoms with van der Waals surface area (Å²) in [6.07, 6.45) is 0.920. The lowest BCUT2D eigenvalue weighted by Gasteiger charge is -2.36.